The number of likely N-dealkylation sites (tertiary alicyclic amines) is 1. The summed E-state index contributed by atoms with van der Waals surface area (Å²) in [6.07, 6.45) is 2.56. The molecule has 1 amide bonds. The molecular weight excluding hydrogens is 450 g/mol. The van der Waals surface area contributed by atoms with Crippen LogP contribution >= 0.6 is 11.6 Å². The molecule has 0 aliphatic carbocycles. The molecule has 1 atom stereocenters. The second-order valence-corrected chi connectivity index (χ2v) is 8.94. The summed E-state index contributed by atoms with van der Waals surface area (Å²) in [5, 5.41) is 9.23. The van der Waals surface area contributed by atoms with Gasteiger partial charge in [0.2, 0.25) is 0 Å². The molecule has 0 saturated carbocycles. The molecule has 174 valence electrons. The molecule has 34 heavy (non-hydrogen) atoms. The van der Waals surface area contributed by atoms with Crippen molar-refractivity contribution >= 4 is 28.4 Å². The van der Waals surface area contributed by atoms with Crippen LogP contribution in [0.4, 0.5) is 0 Å². The van der Waals surface area contributed by atoms with Gasteiger partial charge in [-0.3, -0.25) is 9.89 Å². The van der Waals surface area contributed by atoms with Crippen LogP contribution < -0.4 is 9.47 Å². The normalized spacial score (nSPS) is 15.6. The summed E-state index contributed by atoms with van der Waals surface area (Å²) in [7, 11) is 3.25. The van der Waals surface area contributed by atoms with Crippen molar-refractivity contribution in [2.45, 2.75) is 25.3 Å². The summed E-state index contributed by atoms with van der Waals surface area (Å²) in [4.78, 5) is 15.5. The molecule has 1 unspecified atom stereocenters. The second-order valence-electron chi connectivity index (χ2n) is 8.51. The first-order valence-corrected chi connectivity index (χ1v) is 11.7. The Morgan fingerprint density at radius 2 is 1.85 bits per heavy atom. The average Bonchev–Trinajstić information content (AvgIpc) is 3.51. The van der Waals surface area contributed by atoms with Crippen LogP contribution in [0.2, 0.25) is 5.02 Å². The van der Waals surface area contributed by atoms with Crippen LogP contribution in [-0.2, 0) is 6.42 Å². The molecular formula is C27H26ClN3O3. The molecule has 2 heterocycles. The first-order valence-electron chi connectivity index (χ1n) is 11.3. The van der Waals surface area contributed by atoms with Crippen LogP contribution in [0.25, 0.3) is 10.9 Å². The van der Waals surface area contributed by atoms with Gasteiger partial charge in [0.25, 0.3) is 5.91 Å². The van der Waals surface area contributed by atoms with E-state index in [0.29, 0.717) is 28.5 Å². The summed E-state index contributed by atoms with van der Waals surface area (Å²) in [5.41, 5.74) is 4.63. The van der Waals surface area contributed by atoms with E-state index in [9.17, 15) is 4.79 Å². The number of nitrogens with one attached hydrogen (secondary N) is 1. The van der Waals surface area contributed by atoms with Crippen molar-refractivity contribution < 1.29 is 14.3 Å². The largest absolute Gasteiger partial charge is 0.493 e. The summed E-state index contributed by atoms with van der Waals surface area (Å²) in [5.74, 6) is 1.41. The van der Waals surface area contributed by atoms with Gasteiger partial charge in [0.05, 0.1) is 25.8 Å². The predicted molar refractivity (Wildman–Crippen MR) is 133 cm³/mol. The maximum Gasteiger partial charge on any atom is 0.254 e. The van der Waals surface area contributed by atoms with Crippen molar-refractivity contribution in [2.75, 3.05) is 20.8 Å². The Morgan fingerprint density at radius 1 is 1.06 bits per heavy atom. The quantitative estimate of drug-likeness (QED) is 0.382. The lowest BCUT2D eigenvalue weighted by Gasteiger charge is -2.25. The standard InChI is InChI=1S/C27H26ClN3O3/c1-33-25-12-5-17(15-26(25)34-2)14-23-21-16-19(8-11-22(21)29-30-23)27(32)31-13-3-4-24(31)18-6-9-20(28)10-7-18/h5-12,15-16,24H,3-4,13-14H2,1-2H3,(H,29,30). The van der Waals surface area contributed by atoms with E-state index in [2.05, 4.69) is 10.2 Å². The van der Waals surface area contributed by atoms with Crippen molar-refractivity contribution in [1.29, 1.82) is 0 Å². The third kappa shape index (κ3) is 4.21. The van der Waals surface area contributed by atoms with Gasteiger partial charge in [-0.1, -0.05) is 29.8 Å². The third-order valence-corrected chi connectivity index (χ3v) is 6.73. The molecule has 1 aromatic heterocycles. The number of carbonyl (C=O) groups excluding carboxylic acids is 1. The lowest BCUT2D eigenvalue weighted by molar-refractivity contribution is 0.0736. The molecule has 7 heteroatoms. The number of halogens is 1. The molecule has 0 bridgehead atoms. The zero-order valence-electron chi connectivity index (χ0n) is 19.2. The number of fused-ring (bicyclic) bond motifs is 1. The Labute approximate surface area is 203 Å². The molecule has 0 spiro atoms. The van der Waals surface area contributed by atoms with Crippen LogP contribution in [0.15, 0.2) is 60.7 Å². The number of carbonyl (C=O) groups is 1. The van der Waals surface area contributed by atoms with Crippen molar-refractivity contribution in [1.82, 2.24) is 15.1 Å². The third-order valence-electron chi connectivity index (χ3n) is 6.48. The number of nitrogens with zero attached hydrogens (tertiary/aromatic N) is 2. The maximum absolute atomic E-state index is 13.5. The summed E-state index contributed by atoms with van der Waals surface area (Å²) < 4.78 is 10.8. The molecule has 5 rings (SSSR count). The van der Waals surface area contributed by atoms with Crippen LogP contribution in [0.5, 0.6) is 11.5 Å². The molecule has 1 fully saturated rings. The van der Waals surface area contributed by atoms with Gasteiger partial charge < -0.3 is 14.4 Å². The molecule has 1 aliphatic heterocycles. The van der Waals surface area contributed by atoms with Crippen LogP contribution in [-0.4, -0.2) is 41.8 Å². The predicted octanol–water partition coefficient (Wildman–Crippen LogP) is 5.80. The highest BCUT2D eigenvalue weighted by Gasteiger charge is 2.30. The number of benzene rings is 3. The Hall–Kier alpha value is -3.51. The van der Waals surface area contributed by atoms with Gasteiger partial charge in [0.15, 0.2) is 11.5 Å². The first kappa shape index (κ1) is 22.3. The molecule has 4 aromatic rings. The Balaban J connectivity index is 1.42. The SMILES string of the molecule is COc1ccc(Cc2[nH]nc3ccc(C(=O)N4CCCC4c4ccc(Cl)cc4)cc23)cc1OC. The highest BCUT2D eigenvalue weighted by atomic mass is 35.5. The number of hydrogen-bond acceptors (Lipinski definition) is 4. The van der Waals surface area contributed by atoms with E-state index in [4.69, 9.17) is 21.1 Å². The van der Waals surface area contributed by atoms with Gasteiger partial charge in [0.1, 0.15) is 0 Å². The monoisotopic (exact) mass is 475 g/mol. The minimum Gasteiger partial charge on any atom is -0.493 e. The average molecular weight is 476 g/mol. The summed E-state index contributed by atoms with van der Waals surface area (Å²) in [6, 6.07) is 19.4. The number of aromatic amines is 1. The molecule has 3 aromatic carbocycles. The number of H-pyrrole nitrogens is 1. The van der Waals surface area contributed by atoms with Gasteiger partial charge in [-0.2, -0.15) is 5.10 Å². The van der Waals surface area contributed by atoms with Crippen molar-refractivity contribution in [2.24, 2.45) is 0 Å². The number of hydrogen-bond donors (Lipinski definition) is 1. The Bertz CT molecular complexity index is 1330. The first-order chi connectivity index (χ1) is 16.6. The van der Waals surface area contributed by atoms with Gasteiger partial charge in [-0.15, -0.1) is 0 Å². The smallest absolute Gasteiger partial charge is 0.254 e. The van der Waals surface area contributed by atoms with E-state index in [-0.39, 0.29) is 11.9 Å². The van der Waals surface area contributed by atoms with Crippen molar-refractivity contribution in [3.05, 3.63) is 88.1 Å². The zero-order chi connectivity index (χ0) is 23.7. The highest BCUT2D eigenvalue weighted by molar-refractivity contribution is 6.30. The lowest BCUT2D eigenvalue weighted by Crippen LogP contribution is -2.30. The van der Waals surface area contributed by atoms with E-state index in [1.807, 2.05) is 65.6 Å². The molecule has 1 N–H and O–H groups in total. The minimum atomic E-state index is 0.0395. The van der Waals surface area contributed by atoms with E-state index >= 15 is 0 Å². The van der Waals surface area contributed by atoms with Gasteiger partial charge >= 0.3 is 0 Å². The minimum absolute atomic E-state index is 0.0395. The van der Waals surface area contributed by atoms with E-state index in [1.165, 1.54) is 0 Å². The van der Waals surface area contributed by atoms with Crippen LogP contribution in [0.3, 0.4) is 0 Å². The summed E-state index contributed by atoms with van der Waals surface area (Å²) in [6.45, 7) is 0.744. The van der Waals surface area contributed by atoms with Crippen molar-refractivity contribution in [3.63, 3.8) is 0 Å². The molecule has 1 saturated heterocycles. The maximum atomic E-state index is 13.5. The van der Waals surface area contributed by atoms with E-state index in [0.717, 1.165) is 47.1 Å². The zero-order valence-corrected chi connectivity index (χ0v) is 19.9. The van der Waals surface area contributed by atoms with Crippen molar-refractivity contribution in [3.8, 4) is 11.5 Å². The molecule has 1 aliphatic rings. The number of methoxy groups -OCH3 is 2. The van der Waals surface area contributed by atoms with Crippen LogP contribution in [0, 0.1) is 0 Å². The fourth-order valence-electron chi connectivity index (χ4n) is 4.73. The highest BCUT2D eigenvalue weighted by Crippen LogP contribution is 2.34. The molecule has 0 radical (unpaired) electrons. The fraction of sp³-hybridized carbons (Fsp3) is 0.259. The number of ether oxygens (including phenoxy) is 2. The summed E-state index contributed by atoms with van der Waals surface area (Å²) >= 11 is 6.06. The van der Waals surface area contributed by atoms with E-state index < -0.39 is 0 Å². The fourth-order valence-corrected chi connectivity index (χ4v) is 4.86. The lowest BCUT2D eigenvalue weighted by atomic mass is 10.0. The topological polar surface area (TPSA) is 67.5 Å². The van der Waals surface area contributed by atoms with Gasteiger partial charge in [-0.05, 0) is 66.4 Å². The Kier molecular flexibility index (Phi) is 6.16. The second kappa shape index (κ2) is 9.39. The Morgan fingerprint density at radius 3 is 2.62 bits per heavy atom. The molecule has 6 nitrogen and oxygen atoms in total. The number of amides is 1. The van der Waals surface area contributed by atoms with Gasteiger partial charge in [-0.25, -0.2) is 0 Å². The number of rotatable bonds is 6. The van der Waals surface area contributed by atoms with Crippen LogP contribution in [0.1, 0.15) is 46.1 Å². The van der Waals surface area contributed by atoms with Gasteiger partial charge in [0, 0.05) is 34.6 Å². The van der Waals surface area contributed by atoms with E-state index in [1.54, 1.807) is 14.2 Å². The number of aromatic nitrogens is 2.